The Balaban J connectivity index is 0.000000173. The highest BCUT2D eigenvalue weighted by Gasteiger charge is 2.32. The number of hydrogen-bond acceptors (Lipinski definition) is 25. The van der Waals surface area contributed by atoms with E-state index < -0.39 is 16.1 Å². The zero-order valence-electron chi connectivity index (χ0n) is 84.1. The van der Waals surface area contributed by atoms with Crippen LogP contribution < -0.4 is 66.1 Å². The van der Waals surface area contributed by atoms with E-state index in [4.69, 9.17) is 61.0 Å². The van der Waals surface area contributed by atoms with Gasteiger partial charge in [-0.2, -0.15) is 15.0 Å². The number of para-hydroxylation sites is 3. The van der Waals surface area contributed by atoms with Crippen molar-refractivity contribution in [3.8, 4) is 39.8 Å². The molecule has 14 aromatic rings. The van der Waals surface area contributed by atoms with Crippen LogP contribution in [0.4, 0.5) is 68.8 Å². The molecule has 33 nitrogen and oxygen atoms in total. The standard InChI is InChI=1S/C36H48N8O3Si.C31H36N8O3.C21H27ClN4OSi.C15H24N4O2/c1-10-33(45)37-28-21-29(32(46-6)22-31(28)42(4)18-17-41(2)3)38-36-39-34(27-23-43(5)30-14-12-11-13-25(27)30)26-15-16-44(35(26)40-36)24-47-19-20-48(7,8)9;1-7-28(41)32-23-16-24(27(42-6)17-26(23)37(4)15-14-36(2)3)33-31-34-29(21-12-13-39(19-40)30(21)35-31)22-18-38(5)25-11-9-8-10-20(22)25;1-25-13-17(15-7-5-6-8-18(15)25)19-16-9-10-26(20(16)24-21(22)23-19)14-27-11-12-28(2,3)4;1-6-15(20)17-12-9-11(16)14(21-5)10-13(12)19(4)8-7-18(2)3/h10-16,21-23H,1,17-20,24H2,2-9H3,(H,37,45)(H,38,39,40);7-13,16-18,40H,1,14-15,19H2,2-6H3,(H,32,41)(H,33,34,35);5-10,17H,11-14H2,1-4H3;6,9-10H,1,7-8,16H2,2-5H3,(H,17,20). The maximum absolute atomic E-state index is 12.5. The maximum Gasteiger partial charge on any atom is 0.247 e. The van der Waals surface area contributed by atoms with Crippen LogP contribution in [0.3, 0.4) is 0 Å². The highest BCUT2D eigenvalue weighted by molar-refractivity contribution is 6.76. The summed E-state index contributed by atoms with van der Waals surface area (Å²) in [7, 11) is 26.6. The minimum Gasteiger partial charge on any atom is -0.495 e. The molecule has 0 saturated carbocycles. The van der Waals surface area contributed by atoms with Crippen molar-refractivity contribution < 1.29 is 43.2 Å². The lowest BCUT2D eigenvalue weighted by molar-refractivity contribution is -0.112. The number of nitrogens with one attached hydrogen (secondary N) is 5. The van der Waals surface area contributed by atoms with Crippen molar-refractivity contribution in [2.75, 3.05) is 203 Å². The Kier molecular flexibility index (Phi) is 35.0. The Bertz CT molecular complexity index is 6710. The lowest BCUT2D eigenvalue weighted by Gasteiger charge is -2.26. The summed E-state index contributed by atoms with van der Waals surface area (Å²) in [6.45, 7) is 32.6. The molecular formula is C103H135ClN24O9Si2. The van der Waals surface area contributed by atoms with Crippen molar-refractivity contribution in [1.29, 1.82) is 0 Å². The van der Waals surface area contributed by atoms with Gasteiger partial charge < -0.3 is 118 Å². The number of likely N-dealkylation sites (N-methyl/N-ethyl adjacent to an activating group) is 7. The summed E-state index contributed by atoms with van der Waals surface area (Å²) in [5.74, 6) is 1.69. The summed E-state index contributed by atoms with van der Waals surface area (Å²) in [5.41, 5.74) is 23.2. The third-order valence-electron chi connectivity index (χ3n) is 24.0. The molecule has 9 heterocycles. The number of aliphatic hydroxyl groups excluding tert-OH is 1. The Hall–Kier alpha value is -13.6. The van der Waals surface area contributed by atoms with E-state index in [1.165, 1.54) is 29.5 Å². The van der Waals surface area contributed by atoms with Crippen LogP contribution in [0.15, 0.2) is 196 Å². The van der Waals surface area contributed by atoms with E-state index in [0.717, 1.165) is 159 Å². The molecule has 3 amide bonds. The van der Waals surface area contributed by atoms with Crippen LogP contribution in [-0.4, -0.2) is 257 Å². The second-order valence-electron chi connectivity index (χ2n) is 37.7. The summed E-state index contributed by atoms with van der Waals surface area (Å²) >= 11 is 6.33. The second kappa shape index (κ2) is 46.7. The van der Waals surface area contributed by atoms with E-state index >= 15 is 0 Å². The third-order valence-corrected chi connectivity index (χ3v) is 27.5. The van der Waals surface area contributed by atoms with Gasteiger partial charge >= 0.3 is 0 Å². The SMILES string of the molecule is C=CC(=O)Nc1cc(N)c(OC)cc1N(C)CCN(C)C.C=CC(=O)Nc1cc(Nc2nc(-c3cn(C)c4ccccc34)c3ccn(CO)c3n2)c(OC)cc1N(C)CCN(C)C.C=CC(=O)Nc1cc(Nc2nc(-c3cn(C)c4ccccc34)c3ccn(COCC[Si](C)(C)C)c3n2)c(OC)cc1N(C)CCN(C)C.CN1CC(c2nc(Cl)nc3c2ccn3COCC[Si](C)(C)C)c2ccccc21. The van der Waals surface area contributed by atoms with Gasteiger partial charge in [-0.3, -0.25) is 14.4 Å². The van der Waals surface area contributed by atoms with E-state index in [1.807, 2.05) is 165 Å². The van der Waals surface area contributed by atoms with E-state index in [0.29, 0.717) is 89.0 Å². The van der Waals surface area contributed by atoms with Gasteiger partial charge in [0.1, 0.15) is 54.4 Å². The molecule has 1 atom stereocenters. The second-order valence-corrected chi connectivity index (χ2v) is 49.2. The van der Waals surface area contributed by atoms with Crippen LogP contribution in [0.2, 0.25) is 56.7 Å². The van der Waals surface area contributed by atoms with Gasteiger partial charge in [-0.1, -0.05) is 114 Å². The van der Waals surface area contributed by atoms with E-state index in [-0.39, 0.29) is 35.7 Å². The van der Waals surface area contributed by atoms with Crippen molar-refractivity contribution >= 4 is 169 Å². The molecule has 736 valence electrons. The summed E-state index contributed by atoms with van der Waals surface area (Å²) < 4.78 is 38.9. The number of halogens is 1. The molecule has 0 radical (unpaired) electrons. The lowest BCUT2D eigenvalue weighted by Crippen LogP contribution is -2.29. The highest BCUT2D eigenvalue weighted by atomic mass is 35.5. The van der Waals surface area contributed by atoms with Crippen LogP contribution in [0.5, 0.6) is 17.2 Å². The molecule has 0 bridgehead atoms. The van der Waals surface area contributed by atoms with Crippen LogP contribution in [-0.2, 0) is 58.1 Å². The number of amides is 3. The Morgan fingerprint density at radius 3 is 1.29 bits per heavy atom. The number of aromatic nitrogens is 11. The summed E-state index contributed by atoms with van der Waals surface area (Å²) in [6, 6.07) is 44.2. The minimum absolute atomic E-state index is 0.188. The fourth-order valence-electron chi connectivity index (χ4n) is 16.2. The van der Waals surface area contributed by atoms with Gasteiger partial charge in [-0.15, -0.1) is 0 Å². The van der Waals surface area contributed by atoms with Crippen molar-refractivity contribution in [2.24, 2.45) is 14.1 Å². The van der Waals surface area contributed by atoms with Gasteiger partial charge in [0.15, 0.2) is 0 Å². The molecule has 1 aliphatic heterocycles. The summed E-state index contributed by atoms with van der Waals surface area (Å²) in [6.07, 6.45) is 13.7. The van der Waals surface area contributed by atoms with Gasteiger partial charge in [-0.05, 0) is 144 Å². The average molecular weight is 1940 g/mol. The molecule has 6 aromatic carbocycles. The molecule has 15 rings (SSSR count). The molecule has 0 spiro atoms. The number of nitrogens with zero attached hydrogens (tertiary/aromatic N) is 18. The molecule has 139 heavy (non-hydrogen) atoms. The normalized spacial score (nSPS) is 12.4. The van der Waals surface area contributed by atoms with Crippen LogP contribution in [0.1, 0.15) is 17.2 Å². The number of nitrogen functional groups attached to an aromatic ring is 1. The number of aryl methyl sites for hydroxylation is 2. The number of ether oxygens (including phenoxy) is 5. The van der Waals surface area contributed by atoms with E-state index in [2.05, 4.69) is 208 Å². The number of methoxy groups -OCH3 is 3. The van der Waals surface area contributed by atoms with Gasteiger partial charge in [0.2, 0.25) is 34.9 Å². The number of rotatable bonds is 39. The fraction of sp³-hybridized carbons (Fsp3) is 0.350. The zero-order chi connectivity index (χ0) is 100. The average Bonchev–Trinajstić information content (AvgIpc) is 1.61. The van der Waals surface area contributed by atoms with Crippen molar-refractivity contribution in [3.63, 3.8) is 0 Å². The van der Waals surface area contributed by atoms with Crippen molar-refractivity contribution in [2.45, 2.75) is 77.5 Å². The molecule has 36 heteroatoms. The van der Waals surface area contributed by atoms with Gasteiger partial charge in [-0.25, -0.2) is 15.0 Å². The largest absolute Gasteiger partial charge is 0.495 e. The van der Waals surface area contributed by atoms with Gasteiger partial charge in [0, 0.05) is 227 Å². The smallest absolute Gasteiger partial charge is 0.247 e. The first-order chi connectivity index (χ1) is 66.3. The van der Waals surface area contributed by atoms with Crippen molar-refractivity contribution in [1.82, 2.24) is 67.4 Å². The number of hydrogen-bond donors (Lipinski definition) is 7. The predicted molar refractivity (Wildman–Crippen MR) is 575 cm³/mol. The van der Waals surface area contributed by atoms with Crippen molar-refractivity contribution in [3.05, 3.63) is 213 Å². The van der Waals surface area contributed by atoms with E-state index in [1.54, 1.807) is 44.2 Å². The first kappa shape index (κ1) is 104. The maximum atomic E-state index is 12.5. The topological polar surface area (TPSA) is 328 Å². The molecule has 0 fully saturated rings. The molecule has 0 aliphatic carbocycles. The van der Waals surface area contributed by atoms with Crippen LogP contribution in [0.25, 0.3) is 77.4 Å². The van der Waals surface area contributed by atoms with Gasteiger partial charge in [0.25, 0.3) is 0 Å². The Labute approximate surface area is 821 Å². The minimum atomic E-state index is -1.23. The quantitative estimate of drug-likeness (QED) is 0.00619. The van der Waals surface area contributed by atoms with Gasteiger partial charge in [0.05, 0.1) is 89.6 Å². The number of carbonyl (C=O) groups excluding carboxylic acids is 3. The molecule has 1 unspecified atom stereocenters. The molecule has 0 saturated heterocycles. The van der Waals surface area contributed by atoms with E-state index in [9.17, 15) is 19.5 Å². The number of nitrogens with two attached hydrogens (primary N) is 1. The van der Waals surface area contributed by atoms with Crippen LogP contribution in [0, 0.1) is 0 Å². The number of anilines is 12. The molecule has 8 aromatic heterocycles. The lowest BCUT2D eigenvalue weighted by atomic mass is 9.96. The highest BCUT2D eigenvalue weighted by Crippen LogP contribution is 2.46. The number of aliphatic hydroxyl groups is 1. The van der Waals surface area contributed by atoms with Crippen LogP contribution >= 0.6 is 11.6 Å². The number of carbonyl (C=O) groups is 3. The summed E-state index contributed by atoms with van der Waals surface area (Å²) in [4.78, 5) is 80.2. The zero-order valence-corrected chi connectivity index (χ0v) is 86.8. The molecule has 8 N–H and O–H groups in total. The number of fused-ring (bicyclic) bond motifs is 6. The first-order valence-corrected chi connectivity index (χ1v) is 53.9. The molecule has 1 aliphatic rings. The monoisotopic (exact) mass is 1940 g/mol. The molecular weight excluding hydrogens is 1810 g/mol. The summed E-state index contributed by atoms with van der Waals surface area (Å²) in [5, 5.41) is 30.7. The Morgan fingerprint density at radius 1 is 0.482 bits per heavy atom. The first-order valence-electron chi connectivity index (χ1n) is 46.1. The third kappa shape index (κ3) is 26.1. The predicted octanol–water partition coefficient (Wildman–Crippen LogP) is 17.6. The fourth-order valence-corrected chi connectivity index (χ4v) is 17.8. The Morgan fingerprint density at radius 2 is 0.871 bits per heavy atom. The number of benzene rings is 6.